The number of hydrogen-bond donors (Lipinski definition) is 3. The van der Waals surface area contributed by atoms with Crippen LogP contribution in [0.15, 0.2) is 35.6 Å². The molecule has 1 aromatic heterocycles. The summed E-state index contributed by atoms with van der Waals surface area (Å²) in [5.74, 6) is -1.22. The molecular weight excluding hydrogens is 441 g/mol. The summed E-state index contributed by atoms with van der Waals surface area (Å²) in [5, 5.41) is 15.0. The summed E-state index contributed by atoms with van der Waals surface area (Å²) in [6.45, 7) is 0.255. The molecule has 0 bridgehead atoms. The van der Waals surface area contributed by atoms with Gasteiger partial charge in [0.2, 0.25) is 11.8 Å². The van der Waals surface area contributed by atoms with E-state index in [0.717, 1.165) is 23.9 Å². The largest absolute Gasteiger partial charge is 0.573 e. The Labute approximate surface area is 179 Å². The minimum atomic E-state index is -4.79. The number of aromatic nitrogens is 2. The van der Waals surface area contributed by atoms with E-state index in [2.05, 4.69) is 20.4 Å². The van der Waals surface area contributed by atoms with Crippen molar-refractivity contribution in [3.8, 4) is 5.75 Å². The normalized spacial score (nSPS) is 11.3. The number of alkyl halides is 3. The summed E-state index contributed by atoms with van der Waals surface area (Å²) in [4.78, 5) is 28.3. The van der Waals surface area contributed by atoms with E-state index < -0.39 is 18.0 Å². The Morgan fingerprint density at radius 2 is 1.94 bits per heavy atom. The summed E-state index contributed by atoms with van der Waals surface area (Å²) in [6.07, 6.45) is -3.39. The third-order valence-corrected chi connectivity index (χ3v) is 4.69. The first-order valence-electron chi connectivity index (χ1n) is 8.91. The highest BCUT2D eigenvalue weighted by Gasteiger charge is 2.31. The van der Waals surface area contributed by atoms with Gasteiger partial charge in [0, 0.05) is 19.3 Å². The number of nitrogens with zero attached hydrogens (tertiary/aromatic N) is 2. The summed E-state index contributed by atoms with van der Waals surface area (Å²) in [5.41, 5.74) is 0.696. The fourth-order valence-electron chi connectivity index (χ4n) is 2.36. The number of hydrogen-bond acceptors (Lipinski definition) is 7. The standard InChI is InChI=1S/C18H21F3N4O5S/c1-29-7-6-22-15(27)9-25-13(10-26)8-23-17(25)31-11-16(28)24-12-2-4-14(5-3-12)30-18(19,20)21/h2-5,8,26H,6-7,9-11H2,1H3,(H,22,27)(H,24,28). The van der Waals surface area contributed by atoms with Crippen LogP contribution in [0.1, 0.15) is 5.69 Å². The van der Waals surface area contributed by atoms with Gasteiger partial charge in [0.25, 0.3) is 0 Å². The second-order valence-corrected chi connectivity index (χ2v) is 6.97. The third kappa shape index (κ3) is 8.47. The monoisotopic (exact) mass is 462 g/mol. The molecule has 1 aromatic carbocycles. The van der Waals surface area contributed by atoms with Crippen molar-refractivity contribution in [3.05, 3.63) is 36.2 Å². The van der Waals surface area contributed by atoms with Crippen molar-refractivity contribution in [3.63, 3.8) is 0 Å². The molecule has 0 spiro atoms. The molecule has 13 heteroatoms. The molecule has 0 saturated heterocycles. The van der Waals surface area contributed by atoms with Crippen molar-refractivity contribution >= 4 is 29.3 Å². The Morgan fingerprint density at radius 3 is 2.55 bits per heavy atom. The highest BCUT2D eigenvalue weighted by atomic mass is 32.2. The van der Waals surface area contributed by atoms with Crippen LogP contribution in [-0.4, -0.2) is 58.8 Å². The van der Waals surface area contributed by atoms with Crippen molar-refractivity contribution in [2.45, 2.75) is 24.7 Å². The number of benzene rings is 1. The van der Waals surface area contributed by atoms with Crippen LogP contribution in [0.25, 0.3) is 0 Å². The molecule has 31 heavy (non-hydrogen) atoms. The average Bonchev–Trinajstić information content (AvgIpc) is 3.08. The topological polar surface area (TPSA) is 115 Å². The number of carbonyl (C=O) groups is 2. The van der Waals surface area contributed by atoms with Crippen molar-refractivity contribution in [2.75, 3.05) is 31.3 Å². The Kier molecular flexibility index (Phi) is 9.15. The molecule has 1 heterocycles. The van der Waals surface area contributed by atoms with Crippen LogP contribution < -0.4 is 15.4 Å². The third-order valence-electron chi connectivity index (χ3n) is 3.70. The fourth-order valence-corrected chi connectivity index (χ4v) is 3.16. The molecule has 2 rings (SSSR count). The number of halogens is 3. The molecular formula is C18H21F3N4O5S. The Morgan fingerprint density at radius 1 is 1.23 bits per heavy atom. The van der Waals surface area contributed by atoms with E-state index in [0.29, 0.717) is 24.0 Å². The van der Waals surface area contributed by atoms with Gasteiger partial charge in [0.05, 0.1) is 30.9 Å². The zero-order valence-electron chi connectivity index (χ0n) is 16.4. The zero-order valence-corrected chi connectivity index (χ0v) is 17.3. The number of nitrogens with one attached hydrogen (secondary N) is 2. The molecule has 0 aliphatic rings. The number of aliphatic hydroxyl groups is 1. The van der Waals surface area contributed by atoms with Gasteiger partial charge in [0.15, 0.2) is 5.16 Å². The molecule has 2 amide bonds. The molecule has 0 saturated carbocycles. The number of anilines is 1. The SMILES string of the molecule is COCCNC(=O)Cn1c(CO)cnc1SCC(=O)Nc1ccc(OC(F)(F)F)cc1. The van der Waals surface area contributed by atoms with E-state index in [1.54, 1.807) is 0 Å². The van der Waals surface area contributed by atoms with Gasteiger partial charge < -0.3 is 29.8 Å². The van der Waals surface area contributed by atoms with Crippen LogP contribution in [0.5, 0.6) is 5.75 Å². The molecule has 0 aliphatic heterocycles. The lowest BCUT2D eigenvalue weighted by atomic mass is 10.3. The van der Waals surface area contributed by atoms with Crippen molar-refractivity contribution in [1.29, 1.82) is 0 Å². The summed E-state index contributed by atoms with van der Waals surface area (Å²) < 4.78 is 46.7. The second kappa shape index (κ2) is 11.6. The van der Waals surface area contributed by atoms with Gasteiger partial charge in [-0.25, -0.2) is 4.98 Å². The van der Waals surface area contributed by atoms with Crippen LogP contribution in [0, 0.1) is 0 Å². The van der Waals surface area contributed by atoms with Crippen molar-refractivity contribution in [2.24, 2.45) is 0 Å². The minimum Gasteiger partial charge on any atom is -0.406 e. The first-order chi connectivity index (χ1) is 14.7. The molecule has 0 atom stereocenters. The predicted octanol–water partition coefficient (Wildman–Crippen LogP) is 1.77. The van der Waals surface area contributed by atoms with Crippen LogP contribution in [0.4, 0.5) is 18.9 Å². The number of carbonyl (C=O) groups excluding carboxylic acids is 2. The summed E-state index contributed by atoms with van der Waals surface area (Å²) in [6, 6.07) is 4.72. The number of rotatable bonds is 11. The number of amides is 2. The van der Waals surface area contributed by atoms with Gasteiger partial charge >= 0.3 is 6.36 Å². The van der Waals surface area contributed by atoms with Gasteiger partial charge in [0.1, 0.15) is 12.3 Å². The van der Waals surface area contributed by atoms with Crippen LogP contribution in [-0.2, 0) is 27.5 Å². The number of aliphatic hydroxyl groups excluding tert-OH is 1. The van der Waals surface area contributed by atoms with E-state index in [1.165, 1.54) is 30.0 Å². The summed E-state index contributed by atoms with van der Waals surface area (Å²) in [7, 11) is 1.51. The van der Waals surface area contributed by atoms with E-state index in [4.69, 9.17) is 4.74 Å². The minimum absolute atomic E-state index is 0.0754. The number of imidazole rings is 1. The van der Waals surface area contributed by atoms with Gasteiger partial charge in [-0.15, -0.1) is 13.2 Å². The highest BCUT2D eigenvalue weighted by Crippen LogP contribution is 2.24. The van der Waals surface area contributed by atoms with Crippen LogP contribution in [0.2, 0.25) is 0 Å². The van der Waals surface area contributed by atoms with Crippen molar-refractivity contribution < 1.29 is 37.3 Å². The zero-order chi connectivity index (χ0) is 22.9. The lowest BCUT2D eigenvalue weighted by Gasteiger charge is -2.11. The lowest BCUT2D eigenvalue weighted by Crippen LogP contribution is -2.31. The smallest absolute Gasteiger partial charge is 0.406 e. The van der Waals surface area contributed by atoms with Crippen LogP contribution in [0.3, 0.4) is 0 Å². The van der Waals surface area contributed by atoms with Crippen LogP contribution >= 0.6 is 11.8 Å². The quantitative estimate of drug-likeness (QED) is 0.344. The maximum absolute atomic E-state index is 12.2. The number of methoxy groups -OCH3 is 1. The summed E-state index contributed by atoms with van der Waals surface area (Å²) >= 11 is 1.04. The second-order valence-electron chi connectivity index (χ2n) is 6.03. The average molecular weight is 462 g/mol. The lowest BCUT2D eigenvalue weighted by molar-refractivity contribution is -0.274. The van der Waals surface area contributed by atoms with Gasteiger partial charge in [-0.05, 0) is 24.3 Å². The molecule has 0 radical (unpaired) electrons. The maximum Gasteiger partial charge on any atom is 0.573 e. The first kappa shape index (κ1) is 24.5. The number of ether oxygens (including phenoxy) is 2. The molecule has 0 aliphatic carbocycles. The first-order valence-corrected chi connectivity index (χ1v) is 9.89. The van der Waals surface area contributed by atoms with Gasteiger partial charge in [-0.1, -0.05) is 11.8 Å². The highest BCUT2D eigenvalue weighted by molar-refractivity contribution is 7.99. The molecule has 0 unspecified atom stereocenters. The molecule has 0 fully saturated rings. The fraction of sp³-hybridized carbons (Fsp3) is 0.389. The van der Waals surface area contributed by atoms with Gasteiger partial charge in [-0.3, -0.25) is 9.59 Å². The van der Waals surface area contributed by atoms with E-state index >= 15 is 0 Å². The molecule has 170 valence electrons. The Hall–Kier alpha value is -2.77. The Balaban J connectivity index is 1.91. The van der Waals surface area contributed by atoms with E-state index in [1.807, 2.05) is 0 Å². The number of thioether (sulfide) groups is 1. The van der Waals surface area contributed by atoms with Gasteiger partial charge in [-0.2, -0.15) is 0 Å². The molecule has 2 aromatic rings. The maximum atomic E-state index is 12.2. The molecule has 3 N–H and O–H groups in total. The van der Waals surface area contributed by atoms with E-state index in [9.17, 15) is 27.9 Å². The van der Waals surface area contributed by atoms with E-state index in [-0.39, 0.29) is 30.5 Å². The Bertz CT molecular complexity index is 874. The predicted molar refractivity (Wildman–Crippen MR) is 106 cm³/mol. The van der Waals surface area contributed by atoms with Crippen molar-refractivity contribution in [1.82, 2.24) is 14.9 Å². The molecule has 9 nitrogen and oxygen atoms in total.